The van der Waals surface area contributed by atoms with Gasteiger partial charge in [0, 0.05) is 12.6 Å². The number of hydrogen-bond donors (Lipinski definition) is 2. The van der Waals surface area contributed by atoms with Crippen molar-refractivity contribution in [1.82, 2.24) is 5.32 Å². The molecule has 1 fully saturated rings. The molecule has 0 atom stereocenters. The fraction of sp³-hybridized carbons (Fsp3) is 0.500. The lowest BCUT2D eigenvalue weighted by molar-refractivity contribution is -0.183. The number of methoxy groups -OCH3 is 1. The number of nitrogen functional groups attached to an aromatic ring is 1. The number of carbonyl (C=O) groups excluding carboxylic acids is 1. The van der Waals surface area contributed by atoms with Crippen LogP contribution in [0.2, 0.25) is 0 Å². The van der Waals surface area contributed by atoms with E-state index in [-0.39, 0.29) is 12.5 Å². The van der Waals surface area contributed by atoms with Crippen LogP contribution in [0.4, 0.5) is 5.69 Å². The quantitative estimate of drug-likeness (QED) is 0.782. The highest BCUT2D eigenvalue weighted by Crippen LogP contribution is 2.38. The summed E-state index contributed by atoms with van der Waals surface area (Å²) in [4.78, 5) is 11.3. The van der Waals surface area contributed by atoms with Crippen molar-refractivity contribution in [1.29, 1.82) is 0 Å². The normalized spacial score (nSPS) is 15.5. The minimum absolute atomic E-state index is 0.132. The third kappa shape index (κ3) is 3.77. The van der Waals surface area contributed by atoms with Crippen molar-refractivity contribution < 1.29 is 23.7 Å². The van der Waals surface area contributed by atoms with E-state index < -0.39 is 6.29 Å². The van der Waals surface area contributed by atoms with Crippen LogP contribution in [0, 0.1) is 0 Å². The Hall–Kier alpha value is -1.99. The Labute approximate surface area is 123 Å². The lowest BCUT2D eigenvalue weighted by Gasteiger charge is -2.24. The number of likely N-dealkylation sites (N-methyl/N-ethyl adjacent to an activating group) is 1. The van der Waals surface area contributed by atoms with Crippen molar-refractivity contribution in [2.75, 3.05) is 39.7 Å². The molecule has 1 aliphatic heterocycles. The molecule has 0 radical (unpaired) electrons. The number of carbonyl (C=O) groups is 1. The van der Waals surface area contributed by atoms with Crippen molar-refractivity contribution in [2.24, 2.45) is 0 Å². The van der Waals surface area contributed by atoms with Crippen LogP contribution in [-0.2, 0) is 14.3 Å². The standard InChI is InChI=1S/C14H20N2O5/c1-16-12(17)8-21-13-10(15)6-9(7-11(13)18-2)14-19-4-3-5-20-14/h6-7,14H,3-5,8,15H2,1-2H3,(H,16,17). The van der Waals surface area contributed by atoms with E-state index in [1.165, 1.54) is 14.2 Å². The number of nitrogens with one attached hydrogen (secondary N) is 1. The fourth-order valence-electron chi connectivity index (χ4n) is 1.98. The average molecular weight is 296 g/mol. The number of hydrogen-bond acceptors (Lipinski definition) is 6. The molecule has 1 saturated heterocycles. The summed E-state index contributed by atoms with van der Waals surface area (Å²) in [6, 6.07) is 3.45. The van der Waals surface area contributed by atoms with Crippen LogP contribution in [0.3, 0.4) is 0 Å². The summed E-state index contributed by atoms with van der Waals surface area (Å²) in [5, 5.41) is 2.47. The first-order chi connectivity index (χ1) is 10.2. The maximum absolute atomic E-state index is 11.3. The second-order valence-electron chi connectivity index (χ2n) is 4.53. The molecule has 7 heteroatoms. The molecule has 0 saturated carbocycles. The molecule has 1 aliphatic rings. The molecule has 7 nitrogen and oxygen atoms in total. The van der Waals surface area contributed by atoms with E-state index in [1.54, 1.807) is 12.1 Å². The van der Waals surface area contributed by atoms with E-state index in [0.29, 0.717) is 30.4 Å². The highest BCUT2D eigenvalue weighted by molar-refractivity contribution is 5.77. The molecule has 1 aromatic rings. The van der Waals surface area contributed by atoms with E-state index in [2.05, 4.69) is 5.32 Å². The second-order valence-corrected chi connectivity index (χ2v) is 4.53. The molecular weight excluding hydrogens is 276 g/mol. The first-order valence-corrected chi connectivity index (χ1v) is 6.69. The molecule has 0 aliphatic carbocycles. The van der Waals surface area contributed by atoms with Crippen molar-refractivity contribution >= 4 is 11.6 Å². The number of ether oxygens (including phenoxy) is 4. The zero-order chi connectivity index (χ0) is 15.2. The third-order valence-electron chi connectivity index (χ3n) is 3.05. The fourth-order valence-corrected chi connectivity index (χ4v) is 1.98. The van der Waals surface area contributed by atoms with Gasteiger partial charge >= 0.3 is 0 Å². The van der Waals surface area contributed by atoms with Gasteiger partial charge in [0.05, 0.1) is 26.0 Å². The highest BCUT2D eigenvalue weighted by atomic mass is 16.7. The topological polar surface area (TPSA) is 92.0 Å². The minimum atomic E-state index is -0.456. The largest absolute Gasteiger partial charge is 0.493 e. The average Bonchev–Trinajstić information content (AvgIpc) is 2.53. The first kappa shape index (κ1) is 15.4. The number of benzene rings is 1. The first-order valence-electron chi connectivity index (χ1n) is 6.69. The molecule has 2 rings (SSSR count). The van der Waals surface area contributed by atoms with Crippen LogP contribution in [0.1, 0.15) is 18.3 Å². The molecule has 1 aromatic carbocycles. The predicted molar refractivity (Wildman–Crippen MR) is 76.2 cm³/mol. The van der Waals surface area contributed by atoms with Gasteiger partial charge in [-0.3, -0.25) is 4.79 Å². The van der Waals surface area contributed by atoms with Gasteiger partial charge in [-0.2, -0.15) is 0 Å². The van der Waals surface area contributed by atoms with Crippen LogP contribution in [0.5, 0.6) is 11.5 Å². The van der Waals surface area contributed by atoms with Crippen LogP contribution in [0.25, 0.3) is 0 Å². The van der Waals surface area contributed by atoms with E-state index in [1.807, 2.05) is 0 Å². The molecule has 0 unspecified atom stereocenters. The number of amides is 1. The zero-order valence-electron chi connectivity index (χ0n) is 12.2. The minimum Gasteiger partial charge on any atom is -0.493 e. The molecule has 0 spiro atoms. The van der Waals surface area contributed by atoms with Crippen molar-refractivity contribution in [3.05, 3.63) is 17.7 Å². The van der Waals surface area contributed by atoms with Crippen molar-refractivity contribution in [2.45, 2.75) is 12.7 Å². The molecule has 1 heterocycles. The molecule has 116 valence electrons. The molecular formula is C14H20N2O5. The van der Waals surface area contributed by atoms with Gasteiger partial charge < -0.3 is 30.0 Å². The summed E-state index contributed by atoms with van der Waals surface area (Å²) >= 11 is 0. The Morgan fingerprint density at radius 3 is 2.76 bits per heavy atom. The van der Waals surface area contributed by atoms with Crippen LogP contribution >= 0.6 is 0 Å². The lowest BCUT2D eigenvalue weighted by atomic mass is 10.1. The zero-order valence-corrected chi connectivity index (χ0v) is 12.2. The summed E-state index contributed by atoms with van der Waals surface area (Å²) in [5.41, 5.74) is 7.11. The predicted octanol–water partition coefficient (Wildman–Crippen LogP) is 0.838. The summed E-state index contributed by atoms with van der Waals surface area (Å²) in [6.45, 7) is 1.15. The maximum Gasteiger partial charge on any atom is 0.257 e. The molecule has 1 amide bonds. The smallest absolute Gasteiger partial charge is 0.257 e. The molecule has 0 bridgehead atoms. The summed E-state index contributed by atoms with van der Waals surface area (Å²) in [6.07, 6.45) is 0.416. The van der Waals surface area contributed by atoms with Gasteiger partial charge in [0.15, 0.2) is 24.4 Å². The van der Waals surface area contributed by atoms with E-state index >= 15 is 0 Å². The van der Waals surface area contributed by atoms with Crippen molar-refractivity contribution in [3.63, 3.8) is 0 Å². The number of anilines is 1. The Kier molecular flexibility index (Phi) is 5.24. The number of nitrogens with two attached hydrogens (primary N) is 1. The van der Waals surface area contributed by atoms with E-state index in [9.17, 15) is 4.79 Å². The second kappa shape index (κ2) is 7.14. The maximum atomic E-state index is 11.3. The summed E-state index contributed by atoms with van der Waals surface area (Å²) in [5.74, 6) is 0.520. The number of rotatable bonds is 5. The van der Waals surface area contributed by atoms with Gasteiger partial charge in [-0.05, 0) is 18.6 Å². The Morgan fingerprint density at radius 1 is 1.43 bits per heavy atom. The monoisotopic (exact) mass is 296 g/mol. The van der Waals surface area contributed by atoms with Gasteiger partial charge in [0.2, 0.25) is 0 Å². The van der Waals surface area contributed by atoms with E-state index in [0.717, 1.165) is 12.0 Å². The Bertz CT molecular complexity index is 500. The van der Waals surface area contributed by atoms with Gasteiger partial charge in [-0.25, -0.2) is 0 Å². The summed E-state index contributed by atoms with van der Waals surface area (Å²) in [7, 11) is 3.04. The van der Waals surface area contributed by atoms with Crippen LogP contribution in [0.15, 0.2) is 12.1 Å². The van der Waals surface area contributed by atoms with Gasteiger partial charge in [-0.1, -0.05) is 0 Å². The van der Waals surface area contributed by atoms with E-state index in [4.69, 9.17) is 24.7 Å². The lowest BCUT2D eigenvalue weighted by Crippen LogP contribution is -2.25. The van der Waals surface area contributed by atoms with Gasteiger partial charge in [0.1, 0.15) is 0 Å². The molecule has 3 N–H and O–H groups in total. The van der Waals surface area contributed by atoms with Gasteiger partial charge in [-0.15, -0.1) is 0 Å². The molecule has 21 heavy (non-hydrogen) atoms. The SMILES string of the molecule is CNC(=O)COc1c(N)cc(C2OCCCO2)cc1OC. The third-order valence-corrected chi connectivity index (χ3v) is 3.05. The van der Waals surface area contributed by atoms with Crippen LogP contribution in [-0.4, -0.2) is 39.9 Å². The Morgan fingerprint density at radius 2 is 2.14 bits per heavy atom. The van der Waals surface area contributed by atoms with Crippen LogP contribution < -0.4 is 20.5 Å². The summed E-state index contributed by atoms with van der Waals surface area (Å²) < 4.78 is 21.8. The molecule has 0 aromatic heterocycles. The Balaban J connectivity index is 2.20. The highest BCUT2D eigenvalue weighted by Gasteiger charge is 2.21. The van der Waals surface area contributed by atoms with Crippen molar-refractivity contribution in [3.8, 4) is 11.5 Å². The van der Waals surface area contributed by atoms with Gasteiger partial charge in [0.25, 0.3) is 5.91 Å².